The molecule has 6 nitrogen and oxygen atoms in total. The molecule has 3 atom stereocenters. The van der Waals surface area contributed by atoms with E-state index >= 15 is 0 Å². The Morgan fingerprint density at radius 1 is 1.03 bits per heavy atom. The van der Waals surface area contributed by atoms with Crippen LogP contribution >= 0.6 is 0 Å². The van der Waals surface area contributed by atoms with E-state index in [4.69, 9.17) is 18.6 Å². The van der Waals surface area contributed by atoms with Gasteiger partial charge in [-0.2, -0.15) is 0 Å². The van der Waals surface area contributed by atoms with Crippen molar-refractivity contribution in [3.05, 3.63) is 35.9 Å². The average Bonchev–Trinajstić information content (AvgIpc) is 2.68. The first kappa shape index (κ1) is 25.6. The lowest BCUT2D eigenvalue weighted by molar-refractivity contribution is -0.171. The van der Waals surface area contributed by atoms with Crippen molar-refractivity contribution in [1.82, 2.24) is 0 Å². The van der Waals surface area contributed by atoms with Crippen LogP contribution in [-0.2, 0) is 34.8 Å². The van der Waals surface area contributed by atoms with Gasteiger partial charge in [-0.3, -0.25) is 9.59 Å². The van der Waals surface area contributed by atoms with Gasteiger partial charge in [0.25, 0.3) is 0 Å². The van der Waals surface area contributed by atoms with Crippen LogP contribution in [0, 0.1) is 0 Å². The summed E-state index contributed by atoms with van der Waals surface area (Å²) in [6.07, 6.45) is 1.05. The molecule has 1 fully saturated rings. The molecule has 0 aliphatic heterocycles. The van der Waals surface area contributed by atoms with E-state index in [1.165, 1.54) is 0 Å². The molecule has 1 aliphatic carbocycles. The Kier molecular flexibility index (Phi) is 9.27. The van der Waals surface area contributed by atoms with Gasteiger partial charge >= 0.3 is 11.9 Å². The zero-order chi connectivity index (χ0) is 23.1. The summed E-state index contributed by atoms with van der Waals surface area (Å²) in [7, 11) is -2.14. The molecule has 174 valence electrons. The highest BCUT2D eigenvalue weighted by Gasteiger charge is 2.45. The van der Waals surface area contributed by atoms with Crippen molar-refractivity contribution in [2.45, 2.75) is 96.4 Å². The molecule has 1 aromatic rings. The topological polar surface area (TPSA) is 71.1 Å². The number of esters is 2. The van der Waals surface area contributed by atoms with Gasteiger partial charge in [0, 0.05) is 0 Å². The summed E-state index contributed by atoms with van der Waals surface area (Å²) in [5, 5.41) is 0.00786. The molecule has 0 heterocycles. The minimum absolute atomic E-state index is 0.00786. The van der Waals surface area contributed by atoms with E-state index in [2.05, 4.69) is 33.9 Å². The van der Waals surface area contributed by atoms with Gasteiger partial charge in [-0.05, 0) is 49.9 Å². The fourth-order valence-electron chi connectivity index (χ4n) is 3.38. The average molecular weight is 451 g/mol. The molecule has 0 saturated heterocycles. The van der Waals surface area contributed by atoms with Crippen LogP contribution in [0.5, 0.6) is 0 Å². The standard InChI is InChI=1S/C24H38O6Si/c1-7-27-21(25)16-22(26)29-20-15-11-14-19(28-17-18-12-9-8-10-13-18)23(20)30-31(5,6)24(2,3)4/h8-10,12-13,19-20,23H,7,11,14-17H2,1-6H3/t19-,20-,23+/m1/s1. The van der Waals surface area contributed by atoms with Crippen LogP contribution in [0.15, 0.2) is 30.3 Å². The fourth-order valence-corrected chi connectivity index (χ4v) is 4.72. The highest BCUT2D eigenvalue weighted by Crippen LogP contribution is 2.40. The number of benzene rings is 1. The third kappa shape index (κ3) is 7.74. The molecule has 0 bridgehead atoms. The summed E-state index contributed by atoms with van der Waals surface area (Å²) in [5.41, 5.74) is 1.09. The summed E-state index contributed by atoms with van der Waals surface area (Å²) in [6.45, 7) is 13.4. The molecule has 0 aromatic heterocycles. The van der Waals surface area contributed by atoms with Crippen LogP contribution in [0.25, 0.3) is 0 Å². The Balaban J connectivity index is 2.15. The SMILES string of the molecule is CCOC(=O)CC(=O)O[C@@H]1CCC[C@@H](OCc2ccccc2)[C@@H]1O[Si](C)(C)C(C)(C)C. The van der Waals surface area contributed by atoms with Crippen LogP contribution in [-0.4, -0.2) is 45.2 Å². The first-order valence-corrected chi connectivity index (χ1v) is 14.1. The van der Waals surface area contributed by atoms with Gasteiger partial charge in [0.15, 0.2) is 8.32 Å². The first-order chi connectivity index (χ1) is 14.5. The van der Waals surface area contributed by atoms with Crippen molar-refractivity contribution in [3.8, 4) is 0 Å². The molecule has 0 N–H and O–H groups in total. The summed E-state index contributed by atoms with van der Waals surface area (Å²) in [5.74, 6) is -1.14. The monoisotopic (exact) mass is 450 g/mol. The number of hydrogen-bond donors (Lipinski definition) is 0. The smallest absolute Gasteiger partial charge is 0.317 e. The van der Waals surface area contributed by atoms with Crippen LogP contribution in [0.4, 0.5) is 0 Å². The van der Waals surface area contributed by atoms with Gasteiger partial charge < -0.3 is 18.6 Å². The third-order valence-corrected chi connectivity index (χ3v) is 10.6. The second-order valence-corrected chi connectivity index (χ2v) is 14.4. The molecular formula is C24H38O6Si. The lowest BCUT2D eigenvalue weighted by atomic mass is 9.91. The van der Waals surface area contributed by atoms with Crippen molar-refractivity contribution in [3.63, 3.8) is 0 Å². The van der Waals surface area contributed by atoms with E-state index < -0.39 is 26.4 Å². The minimum Gasteiger partial charge on any atom is -0.466 e. The number of ether oxygens (including phenoxy) is 3. The maximum absolute atomic E-state index is 12.4. The van der Waals surface area contributed by atoms with Crippen molar-refractivity contribution in [1.29, 1.82) is 0 Å². The quantitative estimate of drug-likeness (QED) is 0.299. The molecule has 0 radical (unpaired) electrons. The molecule has 31 heavy (non-hydrogen) atoms. The fraction of sp³-hybridized carbons (Fsp3) is 0.667. The van der Waals surface area contributed by atoms with E-state index in [-0.39, 0.29) is 30.3 Å². The van der Waals surface area contributed by atoms with Crippen molar-refractivity contribution >= 4 is 20.3 Å². The Morgan fingerprint density at radius 3 is 2.29 bits per heavy atom. The second kappa shape index (κ2) is 11.2. The highest BCUT2D eigenvalue weighted by molar-refractivity contribution is 6.74. The van der Waals surface area contributed by atoms with Crippen LogP contribution in [0.1, 0.15) is 58.9 Å². The van der Waals surface area contributed by atoms with E-state index in [1.54, 1.807) is 6.92 Å². The van der Waals surface area contributed by atoms with Crippen LogP contribution in [0.2, 0.25) is 18.1 Å². The van der Waals surface area contributed by atoms with Gasteiger partial charge in [0.05, 0.1) is 19.3 Å². The summed E-state index contributed by atoms with van der Waals surface area (Å²) < 4.78 is 23.6. The van der Waals surface area contributed by atoms with Crippen molar-refractivity contribution in [2.75, 3.05) is 6.61 Å². The maximum Gasteiger partial charge on any atom is 0.317 e. The van der Waals surface area contributed by atoms with E-state index in [0.717, 1.165) is 18.4 Å². The van der Waals surface area contributed by atoms with Gasteiger partial charge in [-0.25, -0.2) is 0 Å². The Hall–Kier alpha value is -1.70. The van der Waals surface area contributed by atoms with Crippen LogP contribution < -0.4 is 0 Å². The molecule has 0 amide bonds. The highest BCUT2D eigenvalue weighted by atomic mass is 28.4. The van der Waals surface area contributed by atoms with E-state index in [0.29, 0.717) is 13.0 Å². The Labute approximate surface area is 187 Å². The van der Waals surface area contributed by atoms with Gasteiger partial charge in [-0.1, -0.05) is 51.1 Å². The lowest BCUT2D eigenvalue weighted by Crippen LogP contribution is -2.54. The third-order valence-electron chi connectivity index (χ3n) is 6.13. The minimum atomic E-state index is -2.14. The summed E-state index contributed by atoms with van der Waals surface area (Å²) >= 11 is 0. The largest absolute Gasteiger partial charge is 0.466 e. The maximum atomic E-state index is 12.4. The molecule has 0 unspecified atom stereocenters. The number of carbonyl (C=O) groups is 2. The molecule has 1 saturated carbocycles. The lowest BCUT2D eigenvalue weighted by Gasteiger charge is -2.45. The molecule has 1 aromatic carbocycles. The van der Waals surface area contributed by atoms with Crippen LogP contribution in [0.3, 0.4) is 0 Å². The van der Waals surface area contributed by atoms with Gasteiger partial charge in [0.2, 0.25) is 0 Å². The summed E-state index contributed by atoms with van der Waals surface area (Å²) in [6, 6.07) is 10.0. The Morgan fingerprint density at radius 2 is 1.68 bits per heavy atom. The number of carbonyl (C=O) groups excluding carboxylic acids is 2. The number of hydrogen-bond acceptors (Lipinski definition) is 6. The van der Waals surface area contributed by atoms with Crippen molar-refractivity contribution in [2.24, 2.45) is 0 Å². The normalized spacial score (nSPS) is 22.1. The van der Waals surface area contributed by atoms with E-state index in [9.17, 15) is 9.59 Å². The van der Waals surface area contributed by atoms with E-state index in [1.807, 2.05) is 30.3 Å². The molecule has 0 spiro atoms. The zero-order valence-electron chi connectivity index (χ0n) is 19.8. The zero-order valence-corrected chi connectivity index (χ0v) is 20.8. The predicted molar refractivity (Wildman–Crippen MR) is 122 cm³/mol. The molecule has 1 aliphatic rings. The first-order valence-electron chi connectivity index (χ1n) is 11.2. The van der Waals surface area contributed by atoms with Crippen molar-refractivity contribution < 1.29 is 28.2 Å². The second-order valence-electron chi connectivity index (χ2n) is 9.62. The van der Waals surface area contributed by atoms with Gasteiger partial charge in [-0.15, -0.1) is 0 Å². The number of rotatable bonds is 9. The summed E-state index contributed by atoms with van der Waals surface area (Å²) in [4.78, 5) is 24.1. The molecular weight excluding hydrogens is 412 g/mol. The Bertz CT molecular complexity index is 713. The molecule has 2 rings (SSSR count). The molecule has 7 heteroatoms. The van der Waals surface area contributed by atoms with Gasteiger partial charge in [0.1, 0.15) is 18.6 Å². The predicted octanol–water partition coefficient (Wildman–Crippen LogP) is 5.01.